The molecule has 2 rings (SSSR count). The van der Waals surface area contributed by atoms with E-state index in [0.29, 0.717) is 13.2 Å². The molecule has 0 aliphatic carbocycles. The van der Waals surface area contributed by atoms with Crippen molar-refractivity contribution in [3.8, 4) is 5.75 Å². The molecule has 0 atom stereocenters. The second-order valence-corrected chi connectivity index (χ2v) is 5.35. The van der Waals surface area contributed by atoms with E-state index in [9.17, 15) is 4.79 Å². The van der Waals surface area contributed by atoms with Crippen molar-refractivity contribution in [2.45, 2.75) is 32.8 Å². The Bertz CT molecular complexity index is 599. The van der Waals surface area contributed by atoms with Gasteiger partial charge < -0.3 is 15.4 Å². The van der Waals surface area contributed by atoms with E-state index in [2.05, 4.69) is 17.6 Å². The number of anilines is 1. The molecule has 0 radical (unpaired) electrons. The zero-order chi connectivity index (χ0) is 16.3. The SMILES string of the molecule is CCCCCNC(=O)Nc1ccccc1COc1ccccc1. The van der Waals surface area contributed by atoms with Gasteiger partial charge in [0.1, 0.15) is 12.4 Å². The van der Waals surface area contributed by atoms with Crippen LogP contribution in [-0.2, 0) is 6.61 Å². The summed E-state index contributed by atoms with van der Waals surface area (Å²) in [7, 11) is 0. The van der Waals surface area contributed by atoms with Crippen molar-refractivity contribution in [3.63, 3.8) is 0 Å². The van der Waals surface area contributed by atoms with Crippen LogP contribution in [0.3, 0.4) is 0 Å². The molecule has 4 heteroatoms. The minimum absolute atomic E-state index is 0.173. The van der Waals surface area contributed by atoms with Crippen molar-refractivity contribution in [1.29, 1.82) is 0 Å². The Morgan fingerprint density at radius 2 is 1.74 bits per heavy atom. The van der Waals surface area contributed by atoms with Crippen LogP contribution in [0.5, 0.6) is 5.75 Å². The summed E-state index contributed by atoms with van der Waals surface area (Å²) >= 11 is 0. The summed E-state index contributed by atoms with van der Waals surface area (Å²) < 4.78 is 5.76. The average Bonchev–Trinajstić information content (AvgIpc) is 2.59. The summed E-state index contributed by atoms with van der Waals surface area (Å²) in [5.74, 6) is 0.811. The Morgan fingerprint density at radius 3 is 2.52 bits per heavy atom. The molecule has 2 aromatic carbocycles. The Labute approximate surface area is 137 Å². The molecule has 0 aliphatic heterocycles. The first kappa shape index (κ1) is 16.9. The summed E-state index contributed by atoms with van der Waals surface area (Å²) in [6, 6.07) is 17.1. The van der Waals surface area contributed by atoms with E-state index in [-0.39, 0.29) is 6.03 Å². The summed E-state index contributed by atoms with van der Waals surface area (Å²) in [5.41, 5.74) is 1.72. The summed E-state index contributed by atoms with van der Waals surface area (Å²) in [4.78, 5) is 11.9. The minimum atomic E-state index is -0.173. The van der Waals surface area contributed by atoms with Crippen LogP contribution in [0, 0.1) is 0 Å². The smallest absolute Gasteiger partial charge is 0.319 e. The van der Waals surface area contributed by atoms with Gasteiger partial charge in [-0.15, -0.1) is 0 Å². The van der Waals surface area contributed by atoms with Crippen LogP contribution in [0.15, 0.2) is 54.6 Å². The van der Waals surface area contributed by atoms with Gasteiger partial charge in [0.25, 0.3) is 0 Å². The van der Waals surface area contributed by atoms with Crippen LogP contribution < -0.4 is 15.4 Å². The number of carbonyl (C=O) groups excluding carboxylic acids is 1. The molecule has 2 N–H and O–H groups in total. The molecule has 4 nitrogen and oxygen atoms in total. The second-order valence-electron chi connectivity index (χ2n) is 5.35. The molecule has 2 aromatic rings. The first-order chi connectivity index (χ1) is 11.3. The van der Waals surface area contributed by atoms with Crippen LogP contribution in [0.4, 0.5) is 10.5 Å². The lowest BCUT2D eigenvalue weighted by molar-refractivity contribution is 0.252. The van der Waals surface area contributed by atoms with Gasteiger partial charge in [0, 0.05) is 17.8 Å². The topological polar surface area (TPSA) is 50.4 Å². The van der Waals surface area contributed by atoms with Gasteiger partial charge in [0.2, 0.25) is 0 Å². The highest BCUT2D eigenvalue weighted by molar-refractivity contribution is 5.90. The van der Waals surface area contributed by atoms with Crippen molar-refractivity contribution >= 4 is 11.7 Å². The number of hydrogen-bond donors (Lipinski definition) is 2. The van der Waals surface area contributed by atoms with Gasteiger partial charge in [-0.3, -0.25) is 0 Å². The van der Waals surface area contributed by atoms with Crippen molar-refractivity contribution in [2.24, 2.45) is 0 Å². The lowest BCUT2D eigenvalue weighted by atomic mass is 10.2. The molecule has 0 aliphatic rings. The van der Waals surface area contributed by atoms with E-state index in [1.54, 1.807) is 0 Å². The summed E-state index contributed by atoms with van der Waals surface area (Å²) in [6.07, 6.45) is 3.27. The number of amides is 2. The van der Waals surface area contributed by atoms with Crippen molar-refractivity contribution in [2.75, 3.05) is 11.9 Å². The third-order valence-electron chi connectivity index (χ3n) is 3.47. The highest BCUT2D eigenvalue weighted by Crippen LogP contribution is 2.18. The fourth-order valence-electron chi connectivity index (χ4n) is 2.19. The standard InChI is InChI=1S/C19H24N2O2/c1-2-3-9-14-20-19(22)21-18-13-8-7-10-16(18)15-23-17-11-5-4-6-12-17/h4-8,10-13H,2-3,9,14-15H2,1H3,(H2,20,21,22). The van der Waals surface area contributed by atoms with Crippen molar-refractivity contribution in [1.82, 2.24) is 5.32 Å². The molecule has 0 unspecified atom stereocenters. The largest absolute Gasteiger partial charge is 0.489 e. The number of nitrogens with one attached hydrogen (secondary N) is 2. The average molecular weight is 312 g/mol. The maximum atomic E-state index is 11.9. The van der Waals surface area contributed by atoms with Gasteiger partial charge in [-0.2, -0.15) is 0 Å². The van der Waals surface area contributed by atoms with Crippen LogP contribution in [0.1, 0.15) is 31.7 Å². The molecule has 0 saturated carbocycles. The fraction of sp³-hybridized carbons (Fsp3) is 0.316. The van der Waals surface area contributed by atoms with Crippen LogP contribution >= 0.6 is 0 Å². The maximum Gasteiger partial charge on any atom is 0.319 e. The number of hydrogen-bond acceptors (Lipinski definition) is 2. The number of urea groups is 1. The highest BCUT2D eigenvalue weighted by atomic mass is 16.5. The Balaban J connectivity index is 1.88. The van der Waals surface area contributed by atoms with E-state index in [4.69, 9.17) is 4.74 Å². The molecule has 0 aromatic heterocycles. The van der Waals surface area contributed by atoms with Crippen molar-refractivity contribution < 1.29 is 9.53 Å². The van der Waals surface area contributed by atoms with E-state index in [1.165, 1.54) is 0 Å². The molecule has 23 heavy (non-hydrogen) atoms. The number of rotatable bonds is 8. The molecule has 2 amide bonds. The number of benzene rings is 2. The van der Waals surface area contributed by atoms with E-state index in [0.717, 1.165) is 36.3 Å². The van der Waals surface area contributed by atoms with Crippen LogP contribution in [0.2, 0.25) is 0 Å². The van der Waals surface area contributed by atoms with E-state index < -0.39 is 0 Å². The molecular formula is C19H24N2O2. The Hall–Kier alpha value is -2.49. The molecule has 0 heterocycles. The Morgan fingerprint density at radius 1 is 1.00 bits per heavy atom. The number of carbonyl (C=O) groups is 1. The van der Waals surface area contributed by atoms with Gasteiger partial charge >= 0.3 is 6.03 Å². The molecule has 0 saturated heterocycles. The molecule has 0 spiro atoms. The molecule has 0 bridgehead atoms. The van der Waals surface area contributed by atoms with Crippen LogP contribution in [0.25, 0.3) is 0 Å². The van der Waals surface area contributed by atoms with E-state index in [1.807, 2.05) is 54.6 Å². The molecule has 122 valence electrons. The Kier molecular flexibility index (Phi) is 6.98. The fourth-order valence-corrected chi connectivity index (χ4v) is 2.19. The minimum Gasteiger partial charge on any atom is -0.489 e. The second kappa shape index (κ2) is 9.51. The third kappa shape index (κ3) is 6.02. The van der Waals surface area contributed by atoms with Gasteiger partial charge in [0.05, 0.1) is 0 Å². The lowest BCUT2D eigenvalue weighted by Gasteiger charge is -2.13. The number of unbranched alkanes of at least 4 members (excludes halogenated alkanes) is 2. The number of ether oxygens (including phenoxy) is 1. The quantitative estimate of drug-likeness (QED) is 0.701. The van der Waals surface area contributed by atoms with Gasteiger partial charge in [0.15, 0.2) is 0 Å². The first-order valence-electron chi connectivity index (χ1n) is 8.10. The zero-order valence-corrected chi connectivity index (χ0v) is 13.5. The van der Waals surface area contributed by atoms with Gasteiger partial charge in [-0.05, 0) is 24.6 Å². The lowest BCUT2D eigenvalue weighted by Crippen LogP contribution is -2.30. The predicted octanol–water partition coefficient (Wildman–Crippen LogP) is 4.58. The maximum absolute atomic E-state index is 11.9. The molecule has 0 fully saturated rings. The summed E-state index contributed by atoms with van der Waals surface area (Å²) in [5, 5.41) is 5.77. The number of para-hydroxylation sites is 2. The van der Waals surface area contributed by atoms with Crippen LogP contribution in [-0.4, -0.2) is 12.6 Å². The summed E-state index contributed by atoms with van der Waals surface area (Å²) in [6.45, 7) is 3.25. The first-order valence-corrected chi connectivity index (χ1v) is 8.10. The molecular weight excluding hydrogens is 288 g/mol. The zero-order valence-electron chi connectivity index (χ0n) is 13.5. The van der Waals surface area contributed by atoms with Gasteiger partial charge in [-0.25, -0.2) is 4.79 Å². The normalized spacial score (nSPS) is 10.1. The van der Waals surface area contributed by atoms with E-state index >= 15 is 0 Å². The predicted molar refractivity (Wildman–Crippen MR) is 93.8 cm³/mol. The monoisotopic (exact) mass is 312 g/mol. The van der Waals surface area contributed by atoms with Gasteiger partial charge in [-0.1, -0.05) is 56.2 Å². The third-order valence-corrected chi connectivity index (χ3v) is 3.47. The van der Waals surface area contributed by atoms with Crippen molar-refractivity contribution in [3.05, 3.63) is 60.2 Å². The highest BCUT2D eigenvalue weighted by Gasteiger charge is 2.06.